The fourth-order valence-corrected chi connectivity index (χ4v) is 4.26. The van der Waals surface area contributed by atoms with Crippen LogP contribution < -0.4 is 10.6 Å². The molecule has 0 aliphatic carbocycles. The second kappa shape index (κ2) is 8.90. The molecular formula is C17H18N4O8S. The summed E-state index contributed by atoms with van der Waals surface area (Å²) in [4.78, 5) is 54.0. The average molecular weight is 438 g/mol. The Balaban J connectivity index is 1.75. The summed E-state index contributed by atoms with van der Waals surface area (Å²) in [6.45, 7) is -0.273. The third-order valence-electron chi connectivity index (χ3n) is 4.27. The number of hydrogen-bond donors (Lipinski definition) is 3. The van der Waals surface area contributed by atoms with Crippen molar-refractivity contribution in [2.24, 2.45) is 5.16 Å². The van der Waals surface area contributed by atoms with E-state index in [1.807, 2.05) is 0 Å². The molecule has 3 rings (SSSR count). The predicted octanol–water partition coefficient (Wildman–Crippen LogP) is -0.275. The Morgan fingerprint density at radius 3 is 2.80 bits per heavy atom. The number of hydrogen-bond acceptors (Lipinski definition) is 9. The summed E-state index contributed by atoms with van der Waals surface area (Å²) in [6.07, 6.45) is 0.634. The molecular weight excluding hydrogens is 420 g/mol. The summed E-state index contributed by atoms with van der Waals surface area (Å²) >= 11 is 1.24. The molecule has 0 unspecified atom stereocenters. The number of thioether (sulfide) groups is 1. The van der Waals surface area contributed by atoms with Gasteiger partial charge < -0.3 is 29.7 Å². The van der Waals surface area contributed by atoms with E-state index in [4.69, 9.17) is 9.15 Å². The molecule has 0 bridgehead atoms. The van der Waals surface area contributed by atoms with Gasteiger partial charge in [0.05, 0.1) is 6.26 Å². The number of nitrogens with one attached hydrogen (secondary N) is 2. The van der Waals surface area contributed by atoms with Gasteiger partial charge in [-0.1, -0.05) is 5.16 Å². The molecule has 2 aliphatic heterocycles. The van der Waals surface area contributed by atoms with Crippen molar-refractivity contribution in [3.05, 3.63) is 35.4 Å². The minimum absolute atomic E-state index is 0.147. The number of furan rings is 1. The first kappa shape index (κ1) is 21.2. The van der Waals surface area contributed by atoms with Crippen LogP contribution in [-0.2, 0) is 24.0 Å². The van der Waals surface area contributed by atoms with Gasteiger partial charge >= 0.3 is 12.1 Å². The third kappa shape index (κ3) is 3.96. The van der Waals surface area contributed by atoms with Gasteiger partial charge in [0.1, 0.15) is 30.8 Å². The van der Waals surface area contributed by atoms with E-state index in [-0.39, 0.29) is 35.1 Å². The van der Waals surface area contributed by atoms with Crippen molar-refractivity contribution in [1.29, 1.82) is 0 Å². The van der Waals surface area contributed by atoms with Crippen LogP contribution in [0.2, 0.25) is 0 Å². The molecule has 2 aliphatic rings. The first-order chi connectivity index (χ1) is 14.4. The Morgan fingerprint density at radius 1 is 1.43 bits per heavy atom. The molecule has 13 heteroatoms. The lowest BCUT2D eigenvalue weighted by Gasteiger charge is -2.49. The van der Waals surface area contributed by atoms with Gasteiger partial charge in [-0.2, -0.15) is 0 Å². The second-order valence-electron chi connectivity index (χ2n) is 6.04. The minimum Gasteiger partial charge on any atom is -0.477 e. The number of nitrogens with zero attached hydrogens (tertiary/aromatic N) is 2. The molecule has 0 saturated carbocycles. The van der Waals surface area contributed by atoms with Crippen LogP contribution in [0.1, 0.15) is 5.76 Å². The normalized spacial score (nSPS) is 20.8. The second-order valence-corrected chi connectivity index (χ2v) is 7.15. The van der Waals surface area contributed by atoms with Crippen LogP contribution in [0.5, 0.6) is 0 Å². The summed E-state index contributed by atoms with van der Waals surface area (Å²) in [5.41, 5.74) is -0.138. The maximum atomic E-state index is 12.6. The van der Waals surface area contributed by atoms with E-state index in [1.54, 1.807) is 6.07 Å². The Hall–Kier alpha value is -3.48. The van der Waals surface area contributed by atoms with Gasteiger partial charge in [0.25, 0.3) is 11.8 Å². The van der Waals surface area contributed by atoms with Crippen molar-refractivity contribution < 1.29 is 38.3 Å². The van der Waals surface area contributed by atoms with E-state index >= 15 is 0 Å². The van der Waals surface area contributed by atoms with E-state index in [9.17, 15) is 24.3 Å². The number of aliphatic carboxylic acids is 1. The van der Waals surface area contributed by atoms with Gasteiger partial charge in [0, 0.05) is 18.4 Å². The minimum atomic E-state index is -1.33. The van der Waals surface area contributed by atoms with Crippen LogP contribution in [0.25, 0.3) is 0 Å². The fraction of sp³-hybridized carbons (Fsp3) is 0.353. The summed E-state index contributed by atoms with van der Waals surface area (Å²) < 4.78 is 10.1. The molecule has 1 aromatic heterocycles. The highest BCUT2D eigenvalue weighted by Gasteiger charge is 2.54. The Kier molecular flexibility index (Phi) is 6.30. The molecule has 3 N–H and O–H groups in total. The van der Waals surface area contributed by atoms with Crippen LogP contribution in [0.3, 0.4) is 0 Å². The maximum Gasteiger partial charge on any atom is 0.407 e. The van der Waals surface area contributed by atoms with Crippen LogP contribution in [0.15, 0.2) is 39.2 Å². The van der Waals surface area contributed by atoms with Gasteiger partial charge in [-0.05, 0) is 12.1 Å². The number of amides is 3. The number of β-lactam (4-membered cyclic amide) rings is 1. The first-order valence-corrected chi connectivity index (χ1v) is 9.64. The number of carbonyl (C=O) groups is 4. The molecule has 3 heterocycles. The molecule has 0 spiro atoms. The quantitative estimate of drug-likeness (QED) is 0.296. The van der Waals surface area contributed by atoms with Gasteiger partial charge in [-0.25, -0.2) is 9.59 Å². The van der Waals surface area contributed by atoms with Crippen LogP contribution in [0.4, 0.5) is 4.79 Å². The highest BCUT2D eigenvalue weighted by molar-refractivity contribution is 8.00. The van der Waals surface area contributed by atoms with Gasteiger partial charge in [0.2, 0.25) is 5.71 Å². The average Bonchev–Trinajstić information content (AvgIpc) is 3.27. The van der Waals surface area contributed by atoms with E-state index in [0.29, 0.717) is 0 Å². The van der Waals surface area contributed by atoms with Crippen molar-refractivity contribution in [3.8, 4) is 0 Å². The number of ether oxygens (including phenoxy) is 1. The third-order valence-corrected chi connectivity index (χ3v) is 5.61. The summed E-state index contributed by atoms with van der Waals surface area (Å²) in [5, 5.41) is 17.4. The molecule has 2 atom stereocenters. The Morgan fingerprint density at radius 2 is 2.20 bits per heavy atom. The monoisotopic (exact) mass is 438 g/mol. The number of carboxylic acid groups (broad SMARTS) is 1. The molecule has 0 radical (unpaired) electrons. The zero-order chi connectivity index (χ0) is 21.8. The Labute approximate surface area is 174 Å². The number of fused-ring (bicyclic) bond motifs is 1. The molecule has 3 amide bonds. The number of rotatable bonds is 7. The van der Waals surface area contributed by atoms with Crippen molar-refractivity contribution >= 4 is 41.4 Å². The smallest absolute Gasteiger partial charge is 0.407 e. The number of carbonyl (C=O) groups excluding carboxylic acids is 3. The molecule has 12 nitrogen and oxygen atoms in total. The van der Waals surface area contributed by atoms with Gasteiger partial charge in [-0.3, -0.25) is 14.5 Å². The lowest BCUT2D eigenvalue weighted by atomic mass is 10.0. The van der Waals surface area contributed by atoms with Crippen LogP contribution in [0, 0.1) is 0 Å². The molecule has 1 aromatic rings. The SMILES string of the molecule is CNC(=O)OCC1=C(C(=O)O)N2C(=O)[C@@H](NC(=O)/C(=N\OC)c3ccco3)[C@H]2SC1. The van der Waals surface area contributed by atoms with E-state index < -0.39 is 35.3 Å². The van der Waals surface area contributed by atoms with Crippen molar-refractivity contribution in [3.63, 3.8) is 0 Å². The van der Waals surface area contributed by atoms with Gasteiger partial charge in [-0.15, -0.1) is 11.8 Å². The lowest BCUT2D eigenvalue weighted by Crippen LogP contribution is -2.71. The van der Waals surface area contributed by atoms with Crippen molar-refractivity contribution in [2.75, 3.05) is 26.5 Å². The van der Waals surface area contributed by atoms with Crippen LogP contribution >= 0.6 is 11.8 Å². The first-order valence-electron chi connectivity index (χ1n) is 8.59. The topological polar surface area (TPSA) is 160 Å². The van der Waals surface area contributed by atoms with Crippen molar-refractivity contribution in [2.45, 2.75) is 11.4 Å². The summed E-state index contributed by atoms with van der Waals surface area (Å²) in [6, 6.07) is 2.11. The lowest BCUT2D eigenvalue weighted by molar-refractivity contribution is -0.150. The van der Waals surface area contributed by atoms with E-state index in [2.05, 4.69) is 20.6 Å². The molecule has 1 fully saturated rings. The summed E-state index contributed by atoms with van der Waals surface area (Å²) in [5.74, 6) is -2.29. The Bertz CT molecular complexity index is 926. The highest BCUT2D eigenvalue weighted by Crippen LogP contribution is 2.40. The number of alkyl carbamates (subject to hydrolysis) is 1. The molecule has 1 saturated heterocycles. The molecule has 0 aromatic carbocycles. The standard InChI is InChI=1S/C17H18N4O8S/c1-18-17(26)29-6-8-7-30-15-11(14(23)21(15)12(8)16(24)25)19-13(22)10(20-27-2)9-4-3-5-28-9/h3-5,11,15H,6-7H2,1-2H3,(H,18,26)(H,19,22)(H,24,25)/b20-10-/t11-,15-/m1/s1. The molecule has 160 valence electrons. The van der Waals surface area contributed by atoms with E-state index in [0.717, 1.165) is 4.90 Å². The van der Waals surface area contributed by atoms with Crippen molar-refractivity contribution in [1.82, 2.24) is 15.5 Å². The molecule has 30 heavy (non-hydrogen) atoms. The van der Waals surface area contributed by atoms with E-state index in [1.165, 1.54) is 38.2 Å². The predicted molar refractivity (Wildman–Crippen MR) is 102 cm³/mol. The number of carboxylic acids is 1. The maximum absolute atomic E-state index is 12.6. The number of oxime groups is 1. The largest absolute Gasteiger partial charge is 0.477 e. The summed E-state index contributed by atoms with van der Waals surface area (Å²) in [7, 11) is 2.63. The van der Waals surface area contributed by atoms with Gasteiger partial charge in [0.15, 0.2) is 5.76 Å². The van der Waals surface area contributed by atoms with Crippen LogP contribution in [-0.4, -0.2) is 77.5 Å². The fourth-order valence-electron chi connectivity index (χ4n) is 2.93. The zero-order valence-electron chi connectivity index (χ0n) is 15.9. The zero-order valence-corrected chi connectivity index (χ0v) is 16.7. The highest BCUT2D eigenvalue weighted by atomic mass is 32.2.